The molecule has 0 spiro atoms. The summed E-state index contributed by atoms with van der Waals surface area (Å²) in [5.41, 5.74) is 11.9. The lowest BCUT2D eigenvalue weighted by Gasteiger charge is -2.50. The third-order valence-electron chi connectivity index (χ3n) is 5.40. The summed E-state index contributed by atoms with van der Waals surface area (Å²) in [5, 5.41) is 20.3. The molecule has 196 valence electrons. The molecule has 0 bridgehead atoms. The molecule has 2 aliphatic heterocycles. The van der Waals surface area contributed by atoms with Crippen molar-refractivity contribution in [2.75, 3.05) is 29.6 Å². The Morgan fingerprint density at radius 3 is 2.81 bits per heavy atom. The first-order chi connectivity index (χ1) is 17.7. The van der Waals surface area contributed by atoms with E-state index in [0.29, 0.717) is 28.8 Å². The molecule has 16 heteroatoms. The number of aliphatic carboxylic acids is 1. The van der Waals surface area contributed by atoms with Crippen molar-refractivity contribution in [1.82, 2.24) is 20.2 Å². The highest BCUT2D eigenvalue weighted by atomic mass is 32.2. The number of aromatic nitrogens is 3. The van der Waals surface area contributed by atoms with Crippen LogP contribution in [0.25, 0.3) is 0 Å². The molecule has 0 radical (unpaired) electrons. The fourth-order valence-electron chi connectivity index (χ4n) is 3.67. The number of carbonyl (C=O) groups is 3. The fraction of sp³-hybridized carbons (Fsp3) is 0.381. The van der Waals surface area contributed by atoms with Crippen LogP contribution in [0.4, 0.5) is 10.9 Å². The summed E-state index contributed by atoms with van der Waals surface area (Å²) in [6, 6.07) is 0.725. The van der Waals surface area contributed by atoms with Crippen LogP contribution in [0.15, 0.2) is 39.2 Å². The zero-order valence-corrected chi connectivity index (χ0v) is 22.3. The third kappa shape index (κ3) is 5.50. The van der Waals surface area contributed by atoms with E-state index in [-0.39, 0.29) is 34.6 Å². The van der Waals surface area contributed by atoms with E-state index in [1.54, 1.807) is 24.6 Å². The van der Waals surface area contributed by atoms with E-state index in [9.17, 15) is 19.5 Å². The molecule has 4 rings (SSSR count). The molecule has 5 N–H and O–H groups in total. The smallest absolute Gasteiger partial charge is 0.361 e. The molecule has 2 aromatic heterocycles. The van der Waals surface area contributed by atoms with Crippen molar-refractivity contribution >= 4 is 69.3 Å². The Hall–Kier alpha value is -3.37. The number of nitrogens with zero attached hydrogens (tertiary/aromatic N) is 5. The average Bonchev–Trinajstić information content (AvgIpc) is 3.31. The van der Waals surface area contributed by atoms with Gasteiger partial charge in [-0.25, -0.2) is 9.55 Å². The Morgan fingerprint density at radius 1 is 1.38 bits per heavy atom. The predicted molar refractivity (Wildman–Crippen MR) is 137 cm³/mol. The number of carboxylic acids is 1. The topological polar surface area (TPSA) is 193 Å². The van der Waals surface area contributed by atoms with Crippen LogP contribution in [0, 0.1) is 0 Å². The van der Waals surface area contributed by atoms with Crippen LogP contribution in [0.2, 0.25) is 0 Å². The minimum atomic E-state index is -1.46. The lowest BCUT2D eigenvalue weighted by atomic mass is 10.0. The maximum atomic E-state index is 13.0. The Labute approximate surface area is 224 Å². The quantitative estimate of drug-likeness (QED) is 0.0796. The van der Waals surface area contributed by atoms with Crippen LogP contribution < -0.4 is 26.5 Å². The number of carbonyl (C=O) groups excluding carboxylic acids is 3. The highest BCUT2D eigenvalue weighted by molar-refractivity contribution is 8.01. The van der Waals surface area contributed by atoms with Gasteiger partial charge in [0.15, 0.2) is 10.8 Å². The van der Waals surface area contributed by atoms with E-state index in [1.165, 1.54) is 23.5 Å². The van der Waals surface area contributed by atoms with E-state index >= 15 is 0 Å². The molecule has 0 aliphatic carbocycles. The summed E-state index contributed by atoms with van der Waals surface area (Å²) in [6.07, 6.45) is 1.81. The first-order valence-electron chi connectivity index (χ1n) is 11.1. The predicted octanol–water partition coefficient (Wildman–Crippen LogP) is -1.05. The number of carboxylic acid groups (broad SMARTS) is 1. The van der Waals surface area contributed by atoms with E-state index in [4.69, 9.17) is 16.3 Å². The van der Waals surface area contributed by atoms with Crippen molar-refractivity contribution in [3.8, 4) is 0 Å². The van der Waals surface area contributed by atoms with Gasteiger partial charge in [0, 0.05) is 23.0 Å². The number of nitrogens with one attached hydrogen (secondary N) is 1. The Morgan fingerprint density at radius 2 is 2.16 bits per heavy atom. The Bertz CT molecular complexity index is 1300. The molecule has 2 aliphatic rings. The van der Waals surface area contributed by atoms with Gasteiger partial charge in [-0.2, -0.15) is 0 Å². The lowest BCUT2D eigenvalue weighted by molar-refractivity contribution is -0.733. The number of oxime groups is 1. The van der Waals surface area contributed by atoms with E-state index in [2.05, 4.69) is 20.4 Å². The fourth-order valence-corrected chi connectivity index (χ4v) is 6.76. The van der Waals surface area contributed by atoms with Crippen molar-refractivity contribution < 1.29 is 28.9 Å². The maximum Gasteiger partial charge on any atom is 0.361 e. The first kappa shape index (κ1) is 26.7. The largest absolute Gasteiger partial charge is 0.543 e. The average molecular weight is 565 g/mol. The number of hydrogen-bond acceptors (Lipinski definition) is 13. The molecule has 0 saturated carbocycles. The number of anilines is 2. The van der Waals surface area contributed by atoms with Crippen LogP contribution in [0.3, 0.4) is 0 Å². The number of aryl methyl sites for hydroxylation is 1. The van der Waals surface area contributed by atoms with Crippen molar-refractivity contribution in [1.29, 1.82) is 0 Å². The number of rotatable bonds is 10. The molecule has 4 heterocycles. The summed E-state index contributed by atoms with van der Waals surface area (Å²) in [6.45, 7) is 4.53. The number of thioether (sulfide) groups is 2. The van der Waals surface area contributed by atoms with Crippen molar-refractivity contribution in [3.63, 3.8) is 0 Å². The second-order valence-electron chi connectivity index (χ2n) is 7.74. The number of β-lactam (4-membered cyclic amide) rings is 1. The first-order valence-corrected chi connectivity index (χ1v) is 14.1. The number of nitrogens with two attached hydrogens (primary N) is 2. The molecule has 1 saturated heterocycles. The number of fused-ring (bicyclic) bond motifs is 1. The summed E-state index contributed by atoms with van der Waals surface area (Å²) in [4.78, 5) is 52.6. The van der Waals surface area contributed by atoms with Gasteiger partial charge in [0.25, 0.3) is 11.8 Å². The number of thiazole rings is 1. The molecular weight excluding hydrogens is 540 g/mol. The molecule has 2 atom stereocenters. The lowest BCUT2D eigenvalue weighted by Crippen LogP contribution is -2.71. The summed E-state index contributed by atoms with van der Waals surface area (Å²) >= 11 is 3.79. The van der Waals surface area contributed by atoms with Gasteiger partial charge in [0.2, 0.25) is 5.82 Å². The Kier molecular flexibility index (Phi) is 8.19. The number of hydrogen-bond donors (Lipinski definition) is 3. The van der Waals surface area contributed by atoms with Gasteiger partial charge in [-0.15, -0.1) is 23.1 Å². The maximum absolute atomic E-state index is 13.0. The summed E-state index contributed by atoms with van der Waals surface area (Å²) in [7, 11) is 0. The van der Waals surface area contributed by atoms with Gasteiger partial charge in [-0.05, 0) is 36.2 Å². The minimum Gasteiger partial charge on any atom is -0.543 e. The SMILES string of the molecule is CCO/N=C(\C(=O)NC1C(=O)N2C(C(=O)[O-])=C(CSc3nc(N)cc[n+]3CC)CS[C@H]12)c1csc(N)n1. The van der Waals surface area contributed by atoms with Crippen molar-refractivity contribution in [2.45, 2.75) is 37.0 Å². The second-order valence-corrected chi connectivity index (χ2v) is 10.7. The van der Waals surface area contributed by atoms with Crippen LogP contribution in [0.5, 0.6) is 0 Å². The highest BCUT2D eigenvalue weighted by Gasteiger charge is 2.53. The molecule has 1 unspecified atom stereocenters. The van der Waals surface area contributed by atoms with Crippen molar-refractivity contribution in [3.05, 3.63) is 34.6 Å². The van der Waals surface area contributed by atoms with Crippen LogP contribution >= 0.6 is 34.9 Å². The number of amides is 2. The second kappa shape index (κ2) is 11.4. The zero-order valence-electron chi connectivity index (χ0n) is 19.9. The molecule has 13 nitrogen and oxygen atoms in total. The minimum absolute atomic E-state index is 0.131. The molecule has 2 amide bonds. The third-order valence-corrected chi connectivity index (χ3v) is 8.49. The van der Waals surface area contributed by atoms with Crippen molar-refractivity contribution in [2.24, 2.45) is 5.16 Å². The van der Waals surface area contributed by atoms with E-state index < -0.39 is 29.2 Å². The van der Waals surface area contributed by atoms with Gasteiger partial charge >= 0.3 is 5.16 Å². The van der Waals surface area contributed by atoms with Gasteiger partial charge in [-0.1, -0.05) is 5.16 Å². The summed E-state index contributed by atoms with van der Waals surface area (Å²) < 4.78 is 1.89. The van der Waals surface area contributed by atoms with Gasteiger partial charge in [0.1, 0.15) is 23.7 Å². The van der Waals surface area contributed by atoms with E-state index in [0.717, 1.165) is 16.2 Å². The van der Waals surface area contributed by atoms with Gasteiger partial charge in [-0.3, -0.25) is 14.5 Å². The molecule has 0 aromatic carbocycles. The monoisotopic (exact) mass is 564 g/mol. The molecular formula is C21H24N8O5S3. The van der Waals surface area contributed by atoms with Crippen LogP contribution in [-0.2, 0) is 25.8 Å². The van der Waals surface area contributed by atoms with E-state index in [1.807, 2.05) is 11.5 Å². The standard InChI is InChI=1S/C21H24N8O5S3/c1-3-28-6-5-12(22)25-21(28)37-8-10-7-35-18-14(17(31)29(18)15(10)19(32)33)26-16(30)13(27-34-4-2)11-9-36-20(23)24-11/h5-6,9,14,18,22H,3-4,7-8H2,1-2H3,(H4,23,24,26,30,32,33)/b27-13-/t14?,18-/m1/s1. The highest BCUT2D eigenvalue weighted by Crippen LogP contribution is 2.41. The Balaban J connectivity index is 1.50. The van der Waals surface area contributed by atoms with Crippen LogP contribution in [-0.4, -0.2) is 67.9 Å². The normalized spacial score (nSPS) is 19.4. The zero-order chi connectivity index (χ0) is 26.7. The molecule has 37 heavy (non-hydrogen) atoms. The summed E-state index contributed by atoms with van der Waals surface area (Å²) in [5.74, 6) is -1.76. The molecule has 2 aromatic rings. The number of nitrogen functional groups attached to an aromatic ring is 2. The van der Waals surface area contributed by atoms with Gasteiger partial charge < -0.3 is 31.5 Å². The van der Waals surface area contributed by atoms with Crippen LogP contribution in [0.1, 0.15) is 19.5 Å². The van der Waals surface area contributed by atoms with Gasteiger partial charge in [0.05, 0.1) is 24.4 Å². The molecule has 1 fully saturated rings.